The van der Waals surface area contributed by atoms with Gasteiger partial charge in [-0.1, -0.05) is 0 Å². The number of hydrogen-bond donors (Lipinski definition) is 1. The van der Waals surface area contributed by atoms with E-state index in [2.05, 4.69) is 21.2 Å². The minimum Gasteiger partial charge on any atom is -0.328 e. The highest BCUT2D eigenvalue weighted by Crippen LogP contribution is 2.28. The van der Waals surface area contributed by atoms with E-state index in [0.29, 0.717) is 4.47 Å². The molecule has 2 rings (SSSR count). The lowest BCUT2D eigenvalue weighted by molar-refractivity contribution is -0.115. The van der Waals surface area contributed by atoms with E-state index in [-0.39, 0.29) is 12.2 Å². The maximum absolute atomic E-state index is 13.0. The summed E-state index contributed by atoms with van der Waals surface area (Å²) in [5.41, 5.74) is 0.218. The standard InChI is InChI=1S/C9H6BrFN2O2/c10-6-2-1-5(11)3-7(6)13-8(14)4-12-9(13)15/h1-3H,4H2,(H,12,15). The molecule has 6 heteroatoms. The smallest absolute Gasteiger partial charge is 0.328 e. The zero-order chi connectivity index (χ0) is 11.0. The van der Waals surface area contributed by atoms with Crippen molar-refractivity contribution in [2.24, 2.45) is 0 Å². The quantitative estimate of drug-likeness (QED) is 0.791. The number of nitrogens with one attached hydrogen (secondary N) is 1. The number of carbonyl (C=O) groups is 2. The van der Waals surface area contributed by atoms with Crippen LogP contribution in [0.25, 0.3) is 0 Å². The van der Waals surface area contributed by atoms with Crippen LogP contribution in [0.15, 0.2) is 22.7 Å². The van der Waals surface area contributed by atoms with Crippen LogP contribution in [0.1, 0.15) is 0 Å². The topological polar surface area (TPSA) is 49.4 Å². The molecule has 1 heterocycles. The first-order chi connectivity index (χ1) is 7.09. The third-order valence-corrected chi connectivity index (χ3v) is 2.66. The highest BCUT2D eigenvalue weighted by atomic mass is 79.9. The zero-order valence-corrected chi connectivity index (χ0v) is 9.04. The summed E-state index contributed by atoms with van der Waals surface area (Å²) in [5.74, 6) is -0.896. The molecule has 0 saturated carbocycles. The Kier molecular flexibility index (Phi) is 2.44. The number of halogens is 2. The van der Waals surface area contributed by atoms with Crippen molar-refractivity contribution in [3.05, 3.63) is 28.5 Å². The van der Waals surface area contributed by atoms with Gasteiger partial charge in [0.25, 0.3) is 5.91 Å². The summed E-state index contributed by atoms with van der Waals surface area (Å²) in [6, 6.07) is 3.29. The molecule has 3 amide bonds. The first-order valence-corrected chi connectivity index (χ1v) is 4.95. The van der Waals surface area contributed by atoms with Gasteiger partial charge in [-0.15, -0.1) is 0 Å². The van der Waals surface area contributed by atoms with Crippen molar-refractivity contribution in [1.82, 2.24) is 5.32 Å². The number of urea groups is 1. The minimum absolute atomic E-state index is 0.0538. The summed E-state index contributed by atoms with van der Waals surface area (Å²) < 4.78 is 13.5. The number of rotatable bonds is 1. The van der Waals surface area contributed by atoms with E-state index in [1.807, 2.05) is 0 Å². The molecule has 1 aliphatic rings. The Hall–Kier alpha value is -1.43. The number of nitrogens with zero attached hydrogens (tertiary/aromatic N) is 1. The van der Waals surface area contributed by atoms with Crippen molar-refractivity contribution in [3.8, 4) is 0 Å². The molecule has 0 unspecified atom stereocenters. The highest BCUT2D eigenvalue weighted by molar-refractivity contribution is 9.10. The number of carbonyl (C=O) groups excluding carboxylic acids is 2. The van der Waals surface area contributed by atoms with Crippen LogP contribution in [-0.4, -0.2) is 18.5 Å². The summed E-state index contributed by atoms with van der Waals surface area (Å²) in [6.45, 7) is -0.0538. The van der Waals surface area contributed by atoms with Gasteiger partial charge in [-0.2, -0.15) is 0 Å². The van der Waals surface area contributed by atoms with Crippen LogP contribution in [0, 0.1) is 5.82 Å². The number of anilines is 1. The predicted octanol–water partition coefficient (Wildman–Crippen LogP) is 1.64. The number of benzene rings is 1. The highest BCUT2D eigenvalue weighted by Gasteiger charge is 2.31. The molecule has 0 spiro atoms. The van der Waals surface area contributed by atoms with Crippen molar-refractivity contribution in [2.45, 2.75) is 0 Å². The summed E-state index contributed by atoms with van der Waals surface area (Å²) in [4.78, 5) is 23.6. The van der Waals surface area contributed by atoms with Crippen molar-refractivity contribution in [1.29, 1.82) is 0 Å². The molecule has 0 aliphatic carbocycles. The van der Waals surface area contributed by atoms with Crippen molar-refractivity contribution < 1.29 is 14.0 Å². The second-order valence-electron chi connectivity index (χ2n) is 2.98. The molecule has 4 nitrogen and oxygen atoms in total. The SMILES string of the molecule is O=C1CNC(=O)N1c1cc(F)ccc1Br. The van der Waals surface area contributed by atoms with Gasteiger partial charge in [-0.05, 0) is 34.1 Å². The summed E-state index contributed by atoms with van der Waals surface area (Å²) in [6.07, 6.45) is 0. The molecule has 15 heavy (non-hydrogen) atoms. The molecule has 1 aliphatic heterocycles. The predicted molar refractivity (Wildman–Crippen MR) is 55.0 cm³/mol. The molecular weight excluding hydrogens is 267 g/mol. The largest absolute Gasteiger partial charge is 0.329 e. The molecule has 1 saturated heterocycles. The van der Waals surface area contributed by atoms with Crippen LogP contribution >= 0.6 is 15.9 Å². The molecule has 1 aromatic rings. The fourth-order valence-corrected chi connectivity index (χ4v) is 1.75. The third kappa shape index (κ3) is 1.72. The summed E-state index contributed by atoms with van der Waals surface area (Å²) in [7, 11) is 0. The third-order valence-electron chi connectivity index (χ3n) is 1.99. The molecule has 0 bridgehead atoms. The molecule has 0 atom stereocenters. The van der Waals surface area contributed by atoms with E-state index >= 15 is 0 Å². The number of hydrogen-bond acceptors (Lipinski definition) is 2. The summed E-state index contributed by atoms with van der Waals surface area (Å²) in [5, 5.41) is 2.36. The van der Waals surface area contributed by atoms with Gasteiger partial charge < -0.3 is 5.32 Å². The average Bonchev–Trinajstić information content (AvgIpc) is 2.51. The fraction of sp³-hybridized carbons (Fsp3) is 0.111. The maximum atomic E-state index is 13.0. The Morgan fingerprint density at radius 2 is 2.13 bits per heavy atom. The Morgan fingerprint density at radius 3 is 2.73 bits per heavy atom. The lowest BCUT2D eigenvalue weighted by atomic mass is 10.3. The van der Waals surface area contributed by atoms with E-state index in [4.69, 9.17) is 0 Å². The molecule has 0 aromatic heterocycles. The van der Waals surface area contributed by atoms with Crippen molar-refractivity contribution >= 4 is 33.6 Å². The molecule has 0 radical (unpaired) electrons. The second kappa shape index (κ2) is 3.62. The minimum atomic E-state index is -0.536. The molecular formula is C9H6BrFN2O2. The van der Waals surface area contributed by atoms with Gasteiger partial charge in [-0.3, -0.25) is 4.79 Å². The van der Waals surface area contributed by atoms with Crippen LogP contribution in [-0.2, 0) is 4.79 Å². The van der Waals surface area contributed by atoms with Gasteiger partial charge in [-0.25, -0.2) is 14.1 Å². The molecule has 1 aromatic carbocycles. The number of imide groups is 1. The van der Waals surface area contributed by atoms with Gasteiger partial charge in [0.05, 0.1) is 12.2 Å². The fourth-order valence-electron chi connectivity index (χ4n) is 1.32. The van der Waals surface area contributed by atoms with Gasteiger partial charge in [0.2, 0.25) is 0 Å². The van der Waals surface area contributed by atoms with E-state index in [1.165, 1.54) is 12.1 Å². The van der Waals surface area contributed by atoms with Gasteiger partial charge in [0.15, 0.2) is 0 Å². The van der Waals surface area contributed by atoms with Gasteiger partial charge in [0.1, 0.15) is 5.82 Å². The first-order valence-electron chi connectivity index (χ1n) is 4.15. The van der Waals surface area contributed by atoms with Crippen LogP contribution in [0.2, 0.25) is 0 Å². The van der Waals surface area contributed by atoms with Crippen LogP contribution in [0.4, 0.5) is 14.9 Å². The first kappa shape index (κ1) is 10.1. The lowest BCUT2D eigenvalue weighted by Crippen LogP contribution is -2.31. The second-order valence-corrected chi connectivity index (χ2v) is 3.84. The monoisotopic (exact) mass is 272 g/mol. The van der Waals surface area contributed by atoms with Gasteiger partial charge >= 0.3 is 6.03 Å². The van der Waals surface area contributed by atoms with Crippen molar-refractivity contribution in [2.75, 3.05) is 11.4 Å². The Labute approximate surface area is 93.2 Å². The lowest BCUT2D eigenvalue weighted by Gasteiger charge is -2.13. The van der Waals surface area contributed by atoms with Crippen LogP contribution in [0.3, 0.4) is 0 Å². The number of amides is 3. The molecule has 1 fully saturated rings. The maximum Gasteiger partial charge on any atom is 0.329 e. The van der Waals surface area contributed by atoms with Crippen molar-refractivity contribution in [3.63, 3.8) is 0 Å². The normalized spacial score (nSPS) is 15.7. The average molecular weight is 273 g/mol. The molecule has 1 N–H and O–H groups in total. The van der Waals surface area contributed by atoms with E-state index in [0.717, 1.165) is 11.0 Å². The Bertz CT molecular complexity index is 434. The molecule has 78 valence electrons. The van der Waals surface area contributed by atoms with Crippen LogP contribution in [0.5, 0.6) is 0 Å². The Balaban J connectivity index is 2.48. The zero-order valence-electron chi connectivity index (χ0n) is 7.46. The van der Waals surface area contributed by atoms with E-state index in [9.17, 15) is 14.0 Å². The van der Waals surface area contributed by atoms with E-state index in [1.54, 1.807) is 0 Å². The summed E-state index contributed by atoms with van der Waals surface area (Å²) >= 11 is 3.15. The van der Waals surface area contributed by atoms with Crippen LogP contribution < -0.4 is 10.2 Å². The van der Waals surface area contributed by atoms with E-state index < -0.39 is 17.8 Å². The van der Waals surface area contributed by atoms with Gasteiger partial charge in [0, 0.05) is 4.47 Å². The Morgan fingerprint density at radius 1 is 1.40 bits per heavy atom.